The Balaban J connectivity index is 1.65. The SMILES string of the molecule is O=S(=O)(c1cccc(F)c1)N1CCN(Cc2ccccc2Cl)CC1. The first-order chi connectivity index (χ1) is 11.5. The number of rotatable bonds is 4. The summed E-state index contributed by atoms with van der Waals surface area (Å²) in [6.45, 7) is 2.67. The van der Waals surface area contributed by atoms with Crippen molar-refractivity contribution in [1.29, 1.82) is 0 Å². The quantitative estimate of drug-likeness (QED) is 0.833. The first-order valence-corrected chi connectivity index (χ1v) is 9.50. The molecular weight excluding hydrogens is 351 g/mol. The molecule has 0 atom stereocenters. The second kappa shape index (κ2) is 7.19. The van der Waals surface area contributed by atoms with Crippen LogP contribution in [0.25, 0.3) is 0 Å². The number of sulfonamides is 1. The fourth-order valence-corrected chi connectivity index (χ4v) is 4.42. The Morgan fingerprint density at radius 3 is 2.38 bits per heavy atom. The number of piperazine rings is 1. The third-order valence-corrected chi connectivity index (χ3v) is 6.38. The molecule has 3 rings (SSSR count). The van der Waals surface area contributed by atoms with Gasteiger partial charge in [0.1, 0.15) is 5.82 Å². The van der Waals surface area contributed by atoms with Crippen molar-refractivity contribution in [2.75, 3.05) is 26.2 Å². The Hall–Kier alpha value is -1.47. The van der Waals surface area contributed by atoms with Crippen LogP contribution in [-0.2, 0) is 16.6 Å². The lowest BCUT2D eigenvalue weighted by atomic mass is 10.2. The van der Waals surface area contributed by atoms with E-state index in [9.17, 15) is 12.8 Å². The summed E-state index contributed by atoms with van der Waals surface area (Å²) < 4.78 is 39.9. The van der Waals surface area contributed by atoms with E-state index in [4.69, 9.17) is 11.6 Å². The Morgan fingerprint density at radius 1 is 1.00 bits per heavy atom. The van der Waals surface area contributed by atoms with E-state index in [0.717, 1.165) is 11.6 Å². The van der Waals surface area contributed by atoms with E-state index in [2.05, 4.69) is 4.90 Å². The van der Waals surface area contributed by atoms with E-state index in [-0.39, 0.29) is 4.90 Å². The van der Waals surface area contributed by atoms with Gasteiger partial charge in [0.2, 0.25) is 10.0 Å². The first kappa shape index (κ1) is 17.4. The van der Waals surface area contributed by atoms with E-state index in [1.54, 1.807) is 0 Å². The second-order valence-electron chi connectivity index (χ2n) is 5.73. The Kier molecular flexibility index (Phi) is 5.20. The minimum atomic E-state index is -3.65. The molecule has 1 saturated heterocycles. The van der Waals surface area contributed by atoms with Crippen molar-refractivity contribution < 1.29 is 12.8 Å². The van der Waals surface area contributed by atoms with E-state index in [1.807, 2.05) is 24.3 Å². The molecule has 0 amide bonds. The van der Waals surface area contributed by atoms with E-state index >= 15 is 0 Å². The predicted molar refractivity (Wildman–Crippen MR) is 91.9 cm³/mol. The van der Waals surface area contributed by atoms with Gasteiger partial charge >= 0.3 is 0 Å². The van der Waals surface area contributed by atoms with Gasteiger partial charge in [0.15, 0.2) is 0 Å². The van der Waals surface area contributed by atoms with Gasteiger partial charge in [-0.3, -0.25) is 4.90 Å². The summed E-state index contributed by atoms with van der Waals surface area (Å²) in [4.78, 5) is 2.17. The number of hydrogen-bond donors (Lipinski definition) is 0. The lowest BCUT2D eigenvalue weighted by Gasteiger charge is -2.34. The maximum Gasteiger partial charge on any atom is 0.243 e. The average molecular weight is 369 g/mol. The molecule has 0 bridgehead atoms. The molecular formula is C17H18ClFN2O2S. The summed E-state index contributed by atoms with van der Waals surface area (Å²) in [5.41, 5.74) is 1.03. The van der Waals surface area contributed by atoms with Gasteiger partial charge in [-0.05, 0) is 29.8 Å². The standard InChI is InChI=1S/C17H18ClFN2O2S/c18-17-7-2-1-4-14(17)13-20-8-10-21(11-9-20)24(22,23)16-6-3-5-15(19)12-16/h1-7,12H,8-11,13H2. The molecule has 1 aliphatic heterocycles. The minimum Gasteiger partial charge on any atom is -0.296 e. The van der Waals surface area contributed by atoms with Crippen molar-refractivity contribution in [3.05, 3.63) is 64.9 Å². The van der Waals surface area contributed by atoms with Crippen LogP contribution in [0.5, 0.6) is 0 Å². The van der Waals surface area contributed by atoms with Crippen LogP contribution < -0.4 is 0 Å². The van der Waals surface area contributed by atoms with Crippen molar-refractivity contribution in [3.8, 4) is 0 Å². The zero-order valence-corrected chi connectivity index (χ0v) is 14.6. The van der Waals surface area contributed by atoms with Gasteiger partial charge in [0.25, 0.3) is 0 Å². The van der Waals surface area contributed by atoms with Gasteiger partial charge in [-0.2, -0.15) is 4.31 Å². The fourth-order valence-electron chi connectivity index (χ4n) is 2.77. The highest BCUT2D eigenvalue weighted by Gasteiger charge is 2.28. The molecule has 24 heavy (non-hydrogen) atoms. The van der Waals surface area contributed by atoms with E-state index in [1.165, 1.54) is 22.5 Å². The molecule has 0 spiro atoms. The van der Waals surface area contributed by atoms with Crippen LogP contribution in [0, 0.1) is 5.82 Å². The van der Waals surface area contributed by atoms with Crippen LogP contribution in [0.2, 0.25) is 5.02 Å². The Bertz CT molecular complexity index is 821. The van der Waals surface area contributed by atoms with Crippen molar-refractivity contribution in [2.24, 2.45) is 0 Å². The predicted octanol–water partition coefficient (Wildman–Crippen LogP) is 2.99. The van der Waals surface area contributed by atoms with Crippen LogP contribution in [0.3, 0.4) is 0 Å². The summed E-state index contributed by atoms with van der Waals surface area (Å²) in [6.07, 6.45) is 0. The fraction of sp³-hybridized carbons (Fsp3) is 0.294. The monoisotopic (exact) mass is 368 g/mol. The summed E-state index contributed by atoms with van der Waals surface area (Å²) in [7, 11) is -3.65. The summed E-state index contributed by atoms with van der Waals surface area (Å²) in [6, 6.07) is 12.8. The third kappa shape index (κ3) is 3.78. The number of benzene rings is 2. The molecule has 2 aromatic carbocycles. The van der Waals surface area contributed by atoms with Crippen LogP contribution in [0.15, 0.2) is 53.4 Å². The molecule has 0 aromatic heterocycles. The second-order valence-corrected chi connectivity index (χ2v) is 8.07. The molecule has 1 aliphatic rings. The van der Waals surface area contributed by atoms with Gasteiger partial charge in [-0.25, -0.2) is 12.8 Å². The molecule has 0 N–H and O–H groups in total. The van der Waals surface area contributed by atoms with Crippen LogP contribution in [-0.4, -0.2) is 43.8 Å². The van der Waals surface area contributed by atoms with Crippen LogP contribution in [0.1, 0.15) is 5.56 Å². The molecule has 4 nitrogen and oxygen atoms in total. The van der Waals surface area contributed by atoms with Gasteiger partial charge in [-0.15, -0.1) is 0 Å². The highest BCUT2D eigenvalue weighted by atomic mass is 35.5. The third-order valence-electron chi connectivity index (χ3n) is 4.12. The van der Waals surface area contributed by atoms with Crippen LogP contribution in [0.4, 0.5) is 4.39 Å². The summed E-state index contributed by atoms with van der Waals surface area (Å²) in [5, 5.41) is 0.715. The number of hydrogen-bond acceptors (Lipinski definition) is 3. The Labute approximate surface area is 146 Å². The Morgan fingerprint density at radius 2 is 1.71 bits per heavy atom. The van der Waals surface area contributed by atoms with E-state index < -0.39 is 15.8 Å². The van der Waals surface area contributed by atoms with Crippen molar-refractivity contribution in [2.45, 2.75) is 11.4 Å². The average Bonchev–Trinajstić information content (AvgIpc) is 2.57. The van der Waals surface area contributed by atoms with Crippen molar-refractivity contribution in [1.82, 2.24) is 9.21 Å². The summed E-state index contributed by atoms with van der Waals surface area (Å²) in [5.74, 6) is -0.548. The maximum absolute atomic E-state index is 13.3. The molecule has 1 heterocycles. The van der Waals surface area contributed by atoms with Gasteiger partial charge in [0, 0.05) is 37.7 Å². The molecule has 0 aliphatic carbocycles. The number of nitrogens with zero attached hydrogens (tertiary/aromatic N) is 2. The molecule has 7 heteroatoms. The highest BCUT2D eigenvalue weighted by Crippen LogP contribution is 2.21. The zero-order valence-electron chi connectivity index (χ0n) is 13.0. The maximum atomic E-state index is 13.3. The van der Waals surface area contributed by atoms with E-state index in [0.29, 0.717) is 37.7 Å². The van der Waals surface area contributed by atoms with Gasteiger partial charge in [0.05, 0.1) is 4.90 Å². The molecule has 2 aromatic rings. The molecule has 0 radical (unpaired) electrons. The van der Waals surface area contributed by atoms with Crippen molar-refractivity contribution >= 4 is 21.6 Å². The van der Waals surface area contributed by atoms with Gasteiger partial charge in [-0.1, -0.05) is 35.9 Å². The highest BCUT2D eigenvalue weighted by molar-refractivity contribution is 7.89. The summed E-state index contributed by atoms with van der Waals surface area (Å²) >= 11 is 6.17. The molecule has 0 saturated carbocycles. The molecule has 128 valence electrons. The smallest absolute Gasteiger partial charge is 0.243 e. The zero-order chi connectivity index (χ0) is 17.2. The number of halogens is 2. The lowest BCUT2D eigenvalue weighted by Crippen LogP contribution is -2.48. The molecule has 1 fully saturated rings. The van der Waals surface area contributed by atoms with Crippen molar-refractivity contribution in [3.63, 3.8) is 0 Å². The largest absolute Gasteiger partial charge is 0.296 e. The van der Waals surface area contributed by atoms with Gasteiger partial charge < -0.3 is 0 Å². The molecule has 0 unspecified atom stereocenters. The topological polar surface area (TPSA) is 40.6 Å². The normalized spacial score (nSPS) is 17.1. The first-order valence-electron chi connectivity index (χ1n) is 7.68. The van der Waals surface area contributed by atoms with Crippen LogP contribution >= 0.6 is 11.6 Å². The lowest BCUT2D eigenvalue weighted by molar-refractivity contribution is 0.181. The minimum absolute atomic E-state index is 0.00190.